The van der Waals surface area contributed by atoms with Crippen LogP contribution in [-0.2, 0) is 0 Å². The van der Waals surface area contributed by atoms with Gasteiger partial charge in [0.1, 0.15) is 5.82 Å². The van der Waals surface area contributed by atoms with Gasteiger partial charge in [-0.2, -0.15) is 0 Å². The number of piperazine rings is 1. The van der Waals surface area contributed by atoms with Gasteiger partial charge in [0.15, 0.2) is 5.76 Å². The monoisotopic (exact) mass is 348 g/mol. The van der Waals surface area contributed by atoms with E-state index in [1.54, 1.807) is 18.3 Å². The molecular formula is C20H20N4O2. The predicted molar refractivity (Wildman–Crippen MR) is 102 cm³/mol. The lowest BCUT2D eigenvalue weighted by Crippen LogP contribution is -2.46. The number of anilines is 3. The minimum absolute atomic E-state index is 0.277. The number of carbonyl (C=O) groups is 1. The second-order valence-corrected chi connectivity index (χ2v) is 6.15. The highest BCUT2D eigenvalue weighted by Gasteiger charge is 2.18. The maximum absolute atomic E-state index is 12.0. The van der Waals surface area contributed by atoms with E-state index in [1.165, 1.54) is 12.0 Å². The van der Waals surface area contributed by atoms with Gasteiger partial charge in [0.2, 0.25) is 0 Å². The molecule has 0 atom stereocenters. The number of aromatic nitrogens is 1. The minimum Gasteiger partial charge on any atom is -0.459 e. The second-order valence-electron chi connectivity index (χ2n) is 6.15. The number of rotatable bonds is 4. The summed E-state index contributed by atoms with van der Waals surface area (Å²) in [7, 11) is 0. The Labute approximate surface area is 152 Å². The summed E-state index contributed by atoms with van der Waals surface area (Å²) in [5, 5.41) is 2.78. The fraction of sp³-hybridized carbons (Fsp3) is 0.200. The maximum Gasteiger partial charge on any atom is 0.291 e. The van der Waals surface area contributed by atoms with Gasteiger partial charge in [-0.05, 0) is 36.4 Å². The van der Waals surface area contributed by atoms with Crippen LogP contribution in [0.5, 0.6) is 0 Å². The Morgan fingerprint density at radius 3 is 2.35 bits per heavy atom. The molecule has 0 saturated carbocycles. The van der Waals surface area contributed by atoms with Crippen molar-refractivity contribution in [3.63, 3.8) is 0 Å². The van der Waals surface area contributed by atoms with Crippen LogP contribution in [0, 0.1) is 0 Å². The maximum atomic E-state index is 12.0. The van der Waals surface area contributed by atoms with Crippen molar-refractivity contribution in [1.29, 1.82) is 0 Å². The third kappa shape index (κ3) is 3.54. The summed E-state index contributed by atoms with van der Waals surface area (Å²) in [4.78, 5) is 21.1. The molecule has 1 aliphatic heterocycles. The van der Waals surface area contributed by atoms with Crippen LogP contribution in [-0.4, -0.2) is 37.1 Å². The van der Waals surface area contributed by atoms with Crippen LogP contribution in [0.1, 0.15) is 10.6 Å². The molecule has 0 radical (unpaired) electrons. The van der Waals surface area contributed by atoms with Crippen LogP contribution in [0.4, 0.5) is 17.2 Å². The van der Waals surface area contributed by atoms with Crippen molar-refractivity contribution in [1.82, 2.24) is 4.98 Å². The summed E-state index contributed by atoms with van der Waals surface area (Å²) in [6, 6.07) is 17.6. The quantitative estimate of drug-likeness (QED) is 0.784. The molecule has 0 bridgehead atoms. The van der Waals surface area contributed by atoms with Gasteiger partial charge in [-0.3, -0.25) is 4.79 Å². The number of hydrogen-bond acceptors (Lipinski definition) is 5. The van der Waals surface area contributed by atoms with E-state index in [0.717, 1.165) is 32.0 Å². The highest BCUT2D eigenvalue weighted by atomic mass is 16.3. The first-order chi connectivity index (χ1) is 12.8. The fourth-order valence-corrected chi connectivity index (χ4v) is 3.08. The molecule has 1 N–H and O–H groups in total. The van der Waals surface area contributed by atoms with Crippen LogP contribution in [0.15, 0.2) is 71.5 Å². The Kier molecular flexibility index (Phi) is 4.55. The van der Waals surface area contributed by atoms with Crippen molar-refractivity contribution in [2.75, 3.05) is 41.3 Å². The molecule has 4 rings (SSSR count). The molecule has 1 fully saturated rings. The normalized spacial score (nSPS) is 14.3. The lowest BCUT2D eigenvalue weighted by Gasteiger charge is -2.36. The van der Waals surface area contributed by atoms with E-state index >= 15 is 0 Å². The van der Waals surface area contributed by atoms with Gasteiger partial charge >= 0.3 is 0 Å². The number of benzene rings is 1. The molecule has 132 valence electrons. The lowest BCUT2D eigenvalue weighted by atomic mass is 10.2. The van der Waals surface area contributed by atoms with Crippen molar-refractivity contribution >= 4 is 23.1 Å². The molecule has 3 heterocycles. The predicted octanol–water partition coefficient (Wildman–Crippen LogP) is 3.25. The SMILES string of the molecule is O=C(Nc1ccc(N2CCN(c3ccccc3)CC2)nc1)c1ccco1. The van der Waals surface area contributed by atoms with Crippen LogP contribution in [0.2, 0.25) is 0 Å². The van der Waals surface area contributed by atoms with E-state index in [9.17, 15) is 4.79 Å². The van der Waals surface area contributed by atoms with Gasteiger partial charge in [0.25, 0.3) is 5.91 Å². The largest absolute Gasteiger partial charge is 0.459 e. The molecule has 1 aromatic carbocycles. The Balaban J connectivity index is 1.35. The first-order valence-electron chi connectivity index (χ1n) is 8.65. The van der Waals surface area contributed by atoms with E-state index in [-0.39, 0.29) is 11.7 Å². The fourth-order valence-electron chi connectivity index (χ4n) is 3.08. The van der Waals surface area contributed by atoms with Crippen LogP contribution >= 0.6 is 0 Å². The smallest absolute Gasteiger partial charge is 0.291 e. The average molecular weight is 348 g/mol. The number of pyridine rings is 1. The zero-order valence-corrected chi connectivity index (χ0v) is 14.3. The summed E-state index contributed by atoms with van der Waals surface area (Å²) in [6.45, 7) is 3.76. The number of amides is 1. The standard InChI is InChI=1S/C20H20N4O2/c25-20(18-7-4-14-26-18)22-16-8-9-19(21-15-16)24-12-10-23(11-13-24)17-5-2-1-3-6-17/h1-9,14-15H,10-13H2,(H,22,25). The Hall–Kier alpha value is -3.28. The van der Waals surface area contributed by atoms with Crippen LogP contribution in [0.25, 0.3) is 0 Å². The van der Waals surface area contributed by atoms with Crippen LogP contribution < -0.4 is 15.1 Å². The number of hydrogen-bond donors (Lipinski definition) is 1. The highest BCUT2D eigenvalue weighted by molar-refractivity contribution is 6.02. The highest BCUT2D eigenvalue weighted by Crippen LogP contribution is 2.20. The number of furan rings is 1. The van der Waals surface area contributed by atoms with Gasteiger partial charge in [0, 0.05) is 31.9 Å². The molecule has 3 aromatic rings. The Bertz CT molecular complexity index is 839. The van der Waals surface area contributed by atoms with Gasteiger partial charge in [-0.25, -0.2) is 4.98 Å². The number of nitrogens with one attached hydrogen (secondary N) is 1. The van der Waals surface area contributed by atoms with E-state index < -0.39 is 0 Å². The second kappa shape index (κ2) is 7.31. The van der Waals surface area contributed by atoms with Gasteiger partial charge < -0.3 is 19.5 Å². The Morgan fingerprint density at radius 1 is 0.923 bits per heavy atom. The minimum atomic E-state index is -0.277. The molecule has 0 unspecified atom stereocenters. The molecule has 1 saturated heterocycles. The first kappa shape index (κ1) is 16.2. The first-order valence-corrected chi connectivity index (χ1v) is 8.65. The van der Waals surface area contributed by atoms with Crippen molar-refractivity contribution in [3.05, 3.63) is 72.8 Å². The van der Waals surface area contributed by atoms with Crippen molar-refractivity contribution in [2.45, 2.75) is 0 Å². The third-order valence-electron chi connectivity index (χ3n) is 4.48. The summed E-state index contributed by atoms with van der Waals surface area (Å²) in [6.07, 6.45) is 3.16. The van der Waals surface area contributed by atoms with E-state index in [4.69, 9.17) is 4.42 Å². The van der Waals surface area contributed by atoms with Crippen LogP contribution in [0.3, 0.4) is 0 Å². The topological polar surface area (TPSA) is 61.6 Å². The molecule has 6 nitrogen and oxygen atoms in total. The molecule has 26 heavy (non-hydrogen) atoms. The van der Waals surface area contributed by atoms with Crippen molar-refractivity contribution < 1.29 is 9.21 Å². The van der Waals surface area contributed by atoms with Crippen molar-refractivity contribution in [2.24, 2.45) is 0 Å². The van der Waals surface area contributed by atoms with Crippen molar-refractivity contribution in [3.8, 4) is 0 Å². The number of para-hydroxylation sites is 1. The average Bonchev–Trinajstić information content (AvgIpc) is 3.25. The molecular weight excluding hydrogens is 328 g/mol. The molecule has 6 heteroatoms. The van der Waals surface area contributed by atoms with Gasteiger partial charge in [-0.1, -0.05) is 18.2 Å². The van der Waals surface area contributed by atoms with E-state index in [2.05, 4.69) is 44.4 Å². The molecule has 0 aliphatic carbocycles. The third-order valence-corrected chi connectivity index (χ3v) is 4.48. The molecule has 1 aliphatic rings. The summed E-state index contributed by atoms with van der Waals surface area (Å²) in [5.74, 6) is 0.931. The van der Waals surface area contributed by atoms with Gasteiger partial charge in [0.05, 0.1) is 18.1 Å². The zero-order valence-electron chi connectivity index (χ0n) is 14.3. The molecule has 2 aromatic heterocycles. The number of carbonyl (C=O) groups excluding carboxylic acids is 1. The van der Waals surface area contributed by atoms with Gasteiger partial charge in [-0.15, -0.1) is 0 Å². The number of nitrogens with zero attached hydrogens (tertiary/aromatic N) is 3. The zero-order chi connectivity index (χ0) is 17.8. The lowest BCUT2D eigenvalue weighted by molar-refractivity contribution is 0.0996. The van der Waals surface area contributed by atoms with E-state index in [0.29, 0.717) is 5.69 Å². The Morgan fingerprint density at radius 2 is 1.69 bits per heavy atom. The summed E-state index contributed by atoms with van der Waals surface area (Å²) in [5.41, 5.74) is 1.91. The van der Waals surface area contributed by atoms with E-state index in [1.807, 2.05) is 18.2 Å². The molecule has 0 spiro atoms. The molecule has 1 amide bonds. The summed E-state index contributed by atoms with van der Waals surface area (Å²) >= 11 is 0. The summed E-state index contributed by atoms with van der Waals surface area (Å²) < 4.78 is 5.09.